The van der Waals surface area contributed by atoms with E-state index in [0.717, 1.165) is 38.8 Å². The molecule has 5 rings (SSSR count). The van der Waals surface area contributed by atoms with Crippen molar-refractivity contribution in [2.75, 3.05) is 0 Å². The van der Waals surface area contributed by atoms with Crippen molar-refractivity contribution in [3.05, 3.63) is 102 Å². The molecule has 0 aliphatic carbocycles. The van der Waals surface area contributed by atoms with Crippen LogP contribution in [0, 0.1) is 0 Å². The molecular weight excluding hydrogens is 424 g/mol. The topological polar surface area (TPSA) is 83.0 Å². The van der Waals surface area contributed by atoms with Crippen molar-refractivity contribution >= 4 is 27.8 Å². The normalized spacial score (nSPS) is 14.2. The van der Waals surface area contributed by atoms with Crippen LogP contribution in [-0.2, 0) is 17.8 Å². The highest BCUT2D eigenvalue weighted by atomic mass is 16.3. The van der Waals surface area contributed by atoms with Gasteiger partial charge in [0.25, 0.3) is 0 Å². The number of aromatic amines is 1. The number of nitrogens with one attached hydrogen (secondary N) is 3. The first-order valence-electron chi connectivity index (χ1n) is 11.5. The number of pyridine rings is 1. The number of furan rings is 1. The van der Waals surface area contributed by atoms with Crippen LogP contribution in [0.5, 0.6) is 0 Å². The first kappa shape index (κ1) is 21.9. The van der Waals surface area contributed by atoms with Crippen molar-refractivity contribution in [1.29, 1.82) is 0 Å². The molecule has 3 heterocycles. The van der Waals surface area contributed by atoms with Crippen LogP contribution in [-0.4, -0.2) is 21.4 Å². The van der Waals surface area contributed by atoms with Gasteiger partial charge in [0.15, 0.2) is 0 Å². The summed E-state index contributed by atoms with van der Waals surface area (Å²) < 4.78 is 5.99. The predicted octanol–water partition coefficient (Wildman–Crippen LogP) is 5.28. The lowest BCUT2D eigenvalue weighted by Crippen LogP contribution is -2.56. The van der Waals surface area contributed by atoms with Gasteiger partial charge in [-0.05, 0) is 55.3 Å². The summed E-state index contributed by atoms with van der Waals surface area (Å²) in [5.41, 5.74) is 3.12. The summed E-state index contributed by atoms with van der Waals surface area (Å²) in [6, 6.07) is 21.8. The summed E-state index contributed by atoms with van der Waals surface area (Å²) in [4.78, 5) is 21.1. The van der Waals surface area contributed by atoms with E-state index in [1.165, 1.54) is 0 Å². The molecule has 0 spiro atoms. The van der Waals surface area contributed by atoms with E-state index in [2.05, 4.69) is 26.7 Å². The maximum atomic E-state index is 13.7. The van der Waals surface area contributed by atoms with E-state index in [1.54, 1.807) is 12.4 Å². The third-order valence-electron chi connectivity index (χ3n) is 6.40. The summed E-state index contributed by atoms with van der Waals surface area (Å²) in [6.07, 6.45) is 5.99. The van der Waals surface area contributed by atoms with E-state index in [1.807, 2.05) is 80.7 Å². The fourth-order valence-corrected chi connectivity index (χ4v) is 4.38. The van der Waals surface area contributed by atoms with Gasteiger partial charge in [-0.2, -0.15) is 0 Å². The molecule has 34 heavy (non-hydrogen) atoms. The SMILES string of the molecule is C[C@@H](NC(=O)[C@](C)(Cc1c[nH]c2ccccc12)NCc1cc2ccccc2o1)c1ccncc1. The third kappa shape index (κ3) is 4.45. The van der Waals surface area contributed by atoms with E-state index in [4.69, 9.17) is 4.42 Å². The van der Waals surface area contributed by atoms with Crippen molar-refractivity contribution in [3.63, 3.8) is 0 Å². The minimum atomic E-state index is -0.870. The lowest BCUT2D eigenvalue weighted by atomic mass is 9.90. The number of hydrogen-bond acceptors (Lipinski definition) is 4. The standard InChI is InChI=1S/C28H28N4O2/c1-19(20-11-13-29-14-12-20)32-27(33)28(2,16-22-17-30-25-9-5-4-8-24(22)25)31-18-23-15-21-7-3-6-10-26(21)34-23/h3-15,17,19,30-31H,16,18H2,1-2H3,(H,32,33)/t19-,28+/m1/s1. The minimum Gasteiger partial charge on any atom is -0.460 e. The van der Waals surface area contributed by atoms with Gasteiger partial charge in [-0.3, -0.25) is 15.1 Å². The first-order valence-corrected chi connectivity index (χ1v) is 11.5. The van der Waals surface area contributed by atoms with Crippen LogP contribution >= 0.6 is 0 Å². The Hall–Kier alpha value is -3.90. The average molecular weight is 453 g/mol. The Morgan fingerprint density at radius 2 is 1.85 bits per heavy atom. The maximum Gasteiger partial charge on any atom is 0.240 e. The molecule has 3 N–H and O–H groups in total. The quantitative estimate of drug-likeness (QED) is 0.299. The second kappa shape index (κ2) is 9.15. The Labute approximate surface area is 198 Å². The zero-order valence-electron chi connectivity index (χ0n) is 19.3. The van der Waals surface area contributed by atoms with Gasteiger partial charge in [-0.1, -0.05) is 36.4 Å². The largest absolute Gasteiger partial charge is 0.460 e. The zero-order valence-corrected chi connectivity index (χ0v) is 19.3. The molecule has 6 nitrogen and oxygen atoms in total. The van der Waals surface area contributed by atoms with Crippen LogP contribution in [0.25, 0.3) is 21.9 Å². The van der Waals surface area contributed by atoms with Crippen LogP contribution < -0.4 is 10.6 Å². The molecule has 0 aliphatic rings. The maximum absolute atomic E-state index is 13.7. The second-order valence-electron chi connectivity index (χ2n) is 8.95. The van der Waals surface area contributed by atoms with Crippen LogP contribution in [0.15, 0.2) is 89.7 Å². The summed E-state index contributed by atoms with van der Waals surface area (Å²) in [5.74, 6) is 0.722. The lowest BCUT2D eigenvalue weighted by Gasteiger charge is -2.31. The Bertz CT molecular complexity index is 1390. The van der Waals surface area contributed by atoms with E-state index in [-0.39, 0.29) is 11.9 Å². The van der Waals surface area contributed by atoms with E-state index in [9.17, 15) is 4.79 Å². The molecule has 3 aromatic heterocycles. The highest BCUT2D eigenvalue weighted by Crippen LogP contribution is 2.25. The number of hydrogen-bond donors (Lipinski definition) is 3. The van der Waals surface area contributed by atoms with E-state index < -0.39 is 5.54 Å². The first-order chi connectivity index (χ1) is 16.5. The molecule has 1 amide bonds. The Morgan fingerprint density at radius 1 is 1.09 bits per heavy atom. The number of nitrogens with zero attached hydrogens (tertiary/aromatic N) is 1. The molecule has 0 saturated carbocycles. The highest BCUT2D eigenvalue weighted by molar-refractivity contribution is 5.89. The Morgan fingerprint density at radius 3 is 2.68 bits per heavy atom. The molecule has 172 valence electrons. The van der Waals surface area contributed by atoms with Crippen molar-refractivity contribution in [2.24, 2.45) is 0 Å². The van der Waals surface area contributed by atoms with Crippen molar-refractivity contribution in [1.82, 2.24) is 20.6 Å². The van der Waals surface area contributed by atoms with Gasteiger partial charge in [0, 0.05) is 41.3 Å². The smallest absolute Gasteiger partial charge is 0.240 e. The fourth-order valence-electron chi connectivity index (χ4n) is 4.38. The molecule has 0 radical (unpaired) electrons. The summed E-state index contributed by atoms with van der Waals surface area (Å²) in [7, 11) is 0. The predicted molar refractivity (Wildman–Crippen MR) is 134 cm³/mol. The number of carbonyl (C=O) groups excluding carboxylic acids is 1. The number of para-hydroxylation sites is 2. The van der Waals surface area contributed by atoms with Crippen molar-refractivity contribution in [2.45, 2.75) is 38.4 Å². The van der Waals surface area contributed by atoms with Gasteiger partial charge < -0.3 is 14.7 Å². The third-order valence-corrected chi connectivity index (χ3v) is 6.40. The number of fused-ring (bicyclic) bond motifs is 2. The molecule has 2 atom stereocenters. The number of benzene rings is 2. The molecule has 5 aromatic rings. The number of aromatic nitrogens is 2. The number of amides is 1. The van der Waals surface area contributed by atoms with Gasteiger partial charge >= 0.3 is 0 Å². The Kier molecular flexibility index (Phi) is 5.90. The van der Waals surface area contributed by atoms with Crippen LogP contribution in [0.2, 0.25) is 0 Å². The molecule has 0 unspecified atom stereocenters. The van der Waals surface area contributed by atoms with Crippen LogP contribution in [0.1, 0.15) is 36.8 Å². The highest BCUT2D eigenvalue weighted by Gasteiger charge is 2.35. The van der Waals surface area contributed by atoms with Crippen molar-refractivity contribution in [3.8, 4) is 0 Å². The van der Waals surface area contributed by atoms with Gasteiger partial charge in [0.05, 0.1) is 18.1 Å². The molecule has 0 bridgehead atoms. The van der Waals surface area contributed by atoms with Crippen LogP contribution in [0.3, 0.4) is 0 Å². The van der Waals surface area contributed by atoms with Gasteiger partial charge in [0.2, 0.25) is 5.91 Å². The number of H-pyrrole nitrogens is 1. The minimum absolute atomic E-state index is 0.0711. The average Bonchev–Trinajstić information content (AvgIpc) is 3.47. The second-order valence-corrected chi connectivity index (χ2v) is 8.95. The van der Waals surface area contributed by atoms with Crippen molar-refractivity contribution < 1.29 is 9.21 Å². The monoisotopic (exact) mass is 452 g/mol. The summed E-state index contributed by atoms with van der Waals surface area (Å²) >= 11 is 0. The molecule has 0 fully saturated rings. The number of rotatable bonds is 8. The fraction of sp³-hybridized carbons (Fsp3) is 0.214. The summed E-state index contributed by atoms with van der Waals surface area (Å²) in [6.45, 7) is 4.37. The van der Waals surface area contributed by atoms with Crippen LogP contribution in [0.4, 0.5) is 0 Å². The van der Waals surface area contributed by atoms with E-state index in [0.29, 0.717) is 13.0 Å². The molecule has 0 aliphatic heterocycles. The molecular formula is C28H28N4O2. The molecule has 6 heteroatoms. The Balaban J connectivity index is 1.41. The summed E-state index contributed by atoms with van der Waals surface area (Å²) in [5, 5.41) is 8.86. The van der Waals surface area contributed by atoms with E-state index >= 15 is 0 Å². The van der Waals surface area contributed by atoms with Gasteiger partial charge in [-0.15, -0.1) is 0 Å². The zero-order chi connectivity index (χ0) is 23.5. The lowest BCUT2D eigenvalue weighted by molar-refractivity contribution is -0.127. The molecule has 2 aromatic carbocycles. The van der Waals surface area contributed by atoms with Gasteiger partial charge in [-0.25, -0.2) is 0 Å². The number of carbonyl (C=O) groups is 1. The molecule has 0 saturated heterocycles. The van der Waals surface area contributed by atoms with Gasteiger partial charge in [0.1, 0.15) is 11.3 Å².